The van der Waals surface area contributed by atoms with Crippen LogP contribution in [0, 0.1) is 11.8 Å². The number of rotatable bonds is 9. The van der Waals surface area contributed by atoms with Crippen LogP contribution in [0.1, 0.15) is 39.0 Å². The van der Waals surface area contributed by atoms with Crippen LogP contribution in [-0.2, 0) is 6.54 Å². The summed E-state index contributed by atoms with van der Waals surface area (Å²) in [6.07, 6.45) is 15.6. The SMILES string of the molecule is C=C(CC1CCC1)[P+](=C)CCC(C)Cn1cnc2c(NC)ncnc21. The Balaban J connectivity index is 1.53. The van der Waals surface area contributed by atoms with Crippen molar-refractivity contribution >= 4 is 30.8 Å². The van der Waals surface area contributed by atoms with Crippen molar-refractivity contribution in [1.29, 1.82) is 0 Å². The van der Waals surface area contributed by atoms with Crippen molar-refractivity contribution in [2.24, 2.45) is 11.8 Å². The third-order valence-corrected chi connectivity index (χ3v) is 7.11. The number of fused-ring (bicyclic) bond motifs is 1. The number of anilines is 1. The molecule has 0 saturated heterocycles. The molecule has 134 valence electrons. The van der Waals surface area contributed by atoms with Crippen molar-refractivity contribution in [3.63, 3.8) is 0 Å². The molecule has 3 rings (SSSR count). The van der Waals surface area contributed by atoms with Gasteiger partial charge in [-0.1, -0.05) is 19.9 Å². The van der Waals surface area contributed by atoms with Gasteiger partial charge >= 0.3 is 0 Å². The lowest BCUT2D eigenvalue weighted by molar-refractivity contribution is 0.318. The molecule has 2 unspecified atom stereocenters. The Hall–Kier alpha value is -1.74. The average molecular weight is 358 g/mol. The molecule has 0 spiro atoms. The van der Waals surface area contributed by atoms with Crippen LogP contribution >= 0.6 is 7.55 Å². The quantitative estimate of drug-likeness (QED) is 0.670. The highest BCUT2D eigenvalue weighted by Crippen LogP contribution is 2.41. The normalized spacial score (nSPS) is 16.5. The summed E-state index contributed by atoms with van der Waals surface area (Å²) < 4.78 is 2.14. The molecule has 25 heavy (non-hydrogen) atoms. The molecule has 0 aliphatic heterocycles. The second-order valence-corrected chi connectivity index (χ2v) is 9.43. The summed E-state index contributed by atoms with van der Waals surface area (Å²) in [7, 11) is 1.57. The van der Waals surface area contributed by atoms with E-state index in [4.69, 9.17) is 0 Å². The molecule has 6 heteroatoms. The highest BCUT2D eigenvalue weighted by molar-refractivity contribution is 7.60. The van der Waals surface area contributed by atoms with E-state index in [1.807, 2.05) is 13.4 Å². The van der Waals surface area contributed by atoms with Crippen molar-refractivity contribution in [3.05, 3.63) is 24.5 Å². The lowest BCUT2D eigenvalue weighted by Gasteiger charge is -2.24. The molecule has 1 saturated carbocycles. The molecule has 1 aliphatic carbocycles. The van der Waals surface area contributed by atoms with Crippen LogP contribution in [0.5, 0.6) is 0 Å². The largest absolute Gasteiger partial charge is 0.371 e. The molecular formula is C19H29N5P+. The summed E-state index contributed by atoms with van der Waals surface area (Å²) in [5.74, 6) is 2.24. The molecule has 0 radical (unpaired) electrons. The first-order chi connectivity index (χ1) is 12.1. The van der Waals surface area contributed by atoms with Crippen LogP contribution < -0.4 is 5.32 Å². The highest BCUT2D eigenvalue weighted by atomic mass is 31.1. The van der Waals surface area contributed by atoms with E-state index < -0.39 is 0 Å². The van der Waals surface area contributed by atoms with E-state index in [1.165, 1.54) is 43.6 Å². The summed E-state index contributed by atoms with van der Waals surface area (Å²) in [6, 6.07) is 0. The first kappa shape index (κ1) is 18.1. The number of nitrogens with zero attached hydrogens (tertiary/aromatic N) is 4. The monoisotopic (exact) mass is 358 g/mol. The molecule has 2 atom stereocenters. The minimum Gasteiger partial charge on any atom is -0.371 e. The lowest BCUT2D eigenvalue weighted by Crippen LogP contribution is -2.11. The maximum atomic E-state index is 4.47. The van der Waals surface area contributed by atoms with Gasteiger partial charge in [0.15, 0.2) is 11.5 Å². The predicted octanol–water partition coefficient (Wildman–Crippen LogP) is 4.51. The van der Waals surface area contributed by atoms with E-state index >= 15 is 0 Å². The minimum absolute atomic E-state index is 0.289. The van der Waals surface area contributed by atoms with E-state index in [1.54, 1.807) is 6.33 Å². The number of aromatic nitrogens is 4. The topological polar surface area (TPSA) is 55.6 Å². The Morgan fingerprint density at radius 3 is 2.88 bits per heavy atom. The fourth-order valence-corrected chi connectivity index (χ4v) is 4.90. The van der Waals surface area contributed by atoms with Crippen LogP contribution in [0.25, 0.3) is 11.2 Å². The Labute approximate surface area is 151 Å². The first-order valence-electron chi connectivity index (χ1n) is 9.18. The molecule has 5 nitrogen and oxygen atoms in total. The van der Waals surface area contributed by atoms with Crippen LogP contribution in [-0.4, -0.2) is 39.0 Å². The van der Waals surface area contributed by atoms with Gasteiger partial charge in [0.2, 0.25) is 0 Å². The molecule has 2 heterocycles. The van der Waals surface area contributed by atoms with Gasteiger partial charge < -0.3 is 9.88 Å². The van der Waals surface area contributed by atoms with Crippen molar-refractivity contribution in [2.45, 2.75) is 45.6 Å². The van der Waals surface area contributed by atoms with Crippen LogP contribution in [0.2, 0.25) is 0 Å². The van der Waals surface area contributed by atoms with Crippen molar-refractivity contribution < 1.29 is 0 Å². The van der Waals surface area contributed by atoms with Crippen molar-refractivity contribution in [1.82, 2.24) is 19.5 Å². The fraction of sp³-hybridized carbons (Fsp3) is 0.579. The van der Waals surface area contributed by atoms with E-state index in [0.717, 1.165) is 29.4 Å². The van der Waals surface area contributed by atoms with Crippen LogP contribution in [0.15, 0.2) is 24.5 Å². The smallest absolute Gasteiger partial charge is 0.165 e. The van der Waals surface area contributed by atoms with Gasteiger partial charge in [0.1, 0.15) is 30.9 Å². The first-order valence-corrected chi connectivity index (χ1v) is 10.9. The van der Waals surface area contributed by atoms with Gasteiger partial charge in [-0.2, -0.15) is 0 Å². The minimum atomic E-state index is -0.289. The van der Waals surface area contributed by atoms with E-state index in [-0.39, 0.29) is 7.55 Å². The standard InChI is InChI=1S/C19H29N5P/c1-14(8-9-25(4)15(2)10-16-6-5-7-16)11-24-13-23-17-18(20-3)21-12-22-19(17)24/h12-14,16H,2,4-11H2,1,3H3,(H,20,21,22)/q+1. The zero-order valence-electron chi connectivity index (χ0n) is 15.4. The number of hydrogen-bond acceptors (Lipinski definition) is 4. The molecule has 2 aromatic rings. The molecule has 0 amide bonds. The van der Waals surface area contributed by atoms with Gasteiger partial charge in [-0.3, -0.25) is 0 Å². The molecule has 1 fully saturated rings. The van der Waals surface area contributed by atoms with Gasteiger partial charge in [0.25, 0.3) is 0 Å². The van der Waals surface area contributed by atoms with E-state index in [0.29, 0.717) is 5.92 Å². The molecule has 1 N–H and O–H groups in total. The Kier molecular flexibility index (Phi) is 5.85. The second-order valence-electron chi connectivity index (χ2n) is 7.27. The fourth-order valence-electron chi connectivity index (χ4n) is 3.32. The summed E-state index contributed by atoms with van der Waals surface area (Å²) in [5.41, 5.74) is 1.74. The molecule has 0 bridgehead atoms. The number of imidazole rings is 1. The highest BCUT2D eigenvalue weighted by Gasteiger charge is 2.23. The summed E-state index contributed by atoms with van der Waals surface area (Å²) in [4.78, 5) is 13.1. The Morgan fingerprint density at radius 1 is 1.40 bits per heavy atom. The summed E-state index contributed by atoms with van der Waals surface area (Å²) in [6.45, 7) is 7.54. The molecular weight excluding hydrogens is 329 g/mol. The van der Waals surface area contributed by atoms with Crippen molar-refractivity contribution in [3.8, 4) is 0 Å². The van der Waals surface area contributed by atoms with Gasteiger partial charge in [-0.25, -0.2) is 15.0 Å². The Bertz CT molecular complexity index is 762. The number of nitrogens with one attached hydrogen (secondary N) is 1. The van der Waals surface area contributed by atoms with Gasteiger partial charge in [0, 0.05) is 20.0 Å². The van der Waals surface area contributed by atoms with Gasteiger partial charge in [-0.05, 0) is 31.1 Å². The number of allylic oxidation sites excluding steroid dienone is 1. The lowest BCUT2D eigenvalue weighted by atomic mass is 9.83. The second kappa shape index (κ2) is 8.09. The predicted molar refractivity (Wildman–Crippen MR) is 109 cm³/mol. The zero-order valence-corrected chi connectivity index (χ0v) is 16.3. The molecule has 1 aliphatic rings. The van der Waals surface area contributed by atoms with Crippen molar-refractivity contribution in [2.75, 3.05) is 18.5 Å². The number of hydrogen-bond donors (Lipinski definition) is 1. The zero-order chi connectivity index (χ0) is 17.8. The van der Waals surface area contributed by atoms with Gasteiger partial charge in [0.05, 0.1) is 12.6 Å². The maximum Gasteiger partial charge on any atom is 0.165 e. The van der Waals surface area contributed by atoms with Gasteiger partial charge in [-0.15, -0.1) is 0 Å². The van der Waals surface area contributed by atoms with Crippen LogP contribution in [0.3, 0.4) is 0 Å². The Morgan fingerprint density at radius 2 is 2.20 bits per heavy atom. The maximum absolute atomic E-state index is 4.47. The van der Waals surface area contributed by atoms with E-state index in [2.05, 4.69) is 44.6 Å². The summed E-state index contributed by atoms with van der Waals surface area (Å²) in [5, 5.41) is 4.48. The third-order valence-electron chi connectivity index (χ3n) is 5.23. The average Bonchev–Trinajstić information content (AvgIpc) is 2.98. The molecule has 2 aromatic heterocycles. The molecule has 0 aromatic carbocycles. The van der Waals surface area contributed by atoms with Crippen LogP contribution in [0.4, 0.5) is 5.82 Å². The third kappa shape index (κ3) is 4.27. The summed E-state index contributed by atoms with van der Waals surface area (Å²) >= 11 is 0. The van der Waals surface area contributed by atoms with E-state index in [9.17, 15) is 0 Å².